The first-order valence-corrected chi connectivity index (χ1v) is 7.13. The Labute approximate surface area is 116 Å². The monoisotopic (exact) mass is 281 g/mol. The minimum absolute atomic E-state index is 0.231. The van der Waals surface area contributed by atoms with Crippen molar-refractivity contribution in [3.8, 4) is 0 Å². The summed E-state index contributed by atoms with van der Waals surface area (Å²) in [5.74, 6) is 0. The predicted octanol–water partition coefficient (Wildman–Crippen LogP) is 3.39. The van der Waals surface area contributed by atoms with Crippen molar-refractivity contribution >= 4 is 23.1 Å². The Morgan fingerprint density at radius 3 is 2.78 bits per heavy atom. The highest BCUT2D eigenvalue weighted by Gasteiger charge is 2.17. The molecule has 0 saturated heterocycles. The van der Waals surface area contributed by atoms with Crippen LogP contribution >= 0.6 is 23.1 Å². The fourth-order valence-electron chi connectivity index (χ4n) is 1.94. The molecule has 0 aliphatic heterocycles. The van der Waals surface area contributed by atoms with Crippen molar-refractivity contribution in [2.45, 2.75) is 26.3 Å². The Morgan fingerprint density at radius 1 is 1.39 bits per heavy atom. The van der Waals surface area contributed by atoms with Gasteiger partial charge >= 0.3 is 0 Å². The number of aromatic nitrogens is 2. The molecule has 0 radical (unpaired) electrons. The molecule has 0 spiro atoms. The molecular formula is C13H16ClN3S. The average molecular weight is 282 g/mol. The zero-order chi connectivity index (χ0) is 13.0. The van der Waals surface area contributed by atoms with Crippen LogP contribution in [0.15, 0.2) is 24.3 Å². The van der Waals surface area contributed by atoms with E-state index in [1.165, 1.54) is 16.4 Å². The van der Waals surface area contributed by atoms with E-state index in [2.05, 4.69) is 27.9 Å². The highest BCUT2D eigenvalue weighted by molar-refractivity contribution is 7.05. The number of benzene rings is 1. The van der Waals surface area contributed by atoms with E-state index in [9.17, 15) is 0 Å². The molecule has 1 atom stereocenters. The van der Waals surface area contributed by atoms with E-state index < -0.39 is 0 Å². The number of hydrogen-bond acceptors (Lipinski definition) is 4. The molecular weight excluding hydrogens is 266 g/mol. The van der Waals surface area contributed by atoms with Crippen LogP contribution in [-0.4, -0.2) is 16.1 Å². The van der Waals surface area contributed by atoms with E-state index in [1.807, 2.05) is 25.1 Å². The van der Waals surface area contributed by atoms with Gasteiger partial charge < -0.3 is 5.32 Å². The maximum absolute atomic E-state index is 6.21. The van der Waals surface area contributed by atoms with Crippen LogP contribution < -0.4 is 5.32 Å². The molecule has 96 valence electrons. The molecule has 18 heavy (non-hydrogen) atoms. The molecule has 5 heteroatoms. The molecule has 0 amide bonds. The third-order valence-corrected chi connectivity index (χ3v) is 4.14. The number of likely N-dealkylation sites (N-methyl/N-ethyl adjacent to an activating group) is 1. The zero-order valence-corrected chi connectivity index (χ0v) is 12.1. The molecule has 1 N–H and O–H groups in total. The normalized spacial score (nSPS) is 12.6. The van der Waals surface area contributed by atoms with Gasteiger partial charge in [0.2, 0.25) is 0 Å². The topological polar surface area (TPSA) is 37.8 Å². The van der Waals surface area contributed by atoms with Gasteiger partial charge in [0.25, 0.3) is 0 Å². The van der Waals surface area contributed by atoms with Gasteiger partial charge in [-0.15, -0.1) is 5.10 Å². The lowest BCUT2D eigenvalue weighted by molar-refractivity contribution is 0.555. The van der Waals surface area contributed by atoms with Crippen LogP contribution in [0.1, 0.15) is 29.1 Å². The molecule has 1 heterocycles. The van der Waals surface area contributed by atoms with Gasteiger partial charge in [-0.2, -0.15) is 0 Å². The van der Waals surface area contributed by atoms with Gasteiger partial charge in [0.15, 0.2) is 0 Å². The first kappa shape index (κ1) is 13.5. The third kappa shape index (κ3) is 3.07. The lowest BCUT2D eigenvalue weighted by atomic mass is 10.0. The van der Waals surface area contributed by atoms with Gasteiger partial charge in [0.05, 0.1) is 10.6 Å². The summed E-state index contributed by atoms with van der Waals surface area (Å²) in [6.45, 7) is 5.01. The summed E-state index contributed by atoms with van der Waals surface area (Å²) >= 11 is 7.67. The van der Waals surface area contributed by atoms with E-state index >= 15 is 0 Å². The smallest absolute Gasteiger partial charge is 0.0772 e. The minimum atomic E-state index is 0.231. The molecule has 1 unspecified atom stereocenters. The second-order valence-corrected chi connectivity index (χ2v) is 5.32. The van der Waals surface area contributed by atoms with Gasteiger partial charge in [-0.25, -0.2) is 0 Å². The molecule has 0 saturated carbocycles. The van der Waals surface area contributed by atoms with Gasteiger partial charge in [-0.05, 0) is 43.1 Å². The van der Waals surface area contributed by atoms with E-state index in [-0.39, 0.29) is 6.04 Å². The highest BCUT2D eigenvalue weighted by Crippen LogP contribution is 2.26. The van der Waals surface area contributed by atoms with Crippen molar-refractivity contribution in [1.82, 2.24) is 14.9 Å². The lowest BCUT2D eigenvalue weighted by Gasteiger charge is -2.17. The van der Waals surface area contributed by atoms with E-state index in [1.54, 1.807) is 0 Å². The van der Waals surface area contributed by atoms with Gasteiger partial charge in [-0.1, -0.05) is 41.2 Å². The number of nitrogens with one attached hydrogen (secondary N) is 1. The summed E-state index contributed by atoms with van der Waals surface area (Å²) in [7, 11) is 0. The first-order valence-electron chi connectivity index (χ1n) is 5.98. The molecule has 0 aliphatic carbocycles. The van der Waals surface area contributed by atoms with Crippen molar-refractivity contribution < 1.29 is 0 Å². The maximum Gasteiger partial charge on any atom is 0.0772 e. The van der Waals surface area contributed by atoms with Crippen LogP contribution in [-0.2, 0) is 6.42 Å². The van der Waals surface area contributed by atoms with Crippen molar-refractivity contribution in [3.05, 3.63) is 45.4 Å². The first-order chi connectivity index (χ1) is 8.72. The van der Waals surface area contributed by atoms with Crippen LogP contribution in [0.2, 0.25) is 5.02 Å². The summed E-state index contributed by atoms with van der Waals surface area (Å²) in [6, 6.07) is 8.19. The number of nitrogens with zero attached hydrogens (tertiary/aromatic N) is 2. The number of aryl methyl sites for hydroxylation is 1. The summed E-state index contributed by atoms with van der Waals surface area (Å²) in [5, 5.41) is 8.37. The summed E-state index contributed by atoms with van der Waals surface area (Å²) in [6.07, 6.45) is 0.859. The van der Waals surface area contributed by atoms with Gasteiger partial charge in [0, 0.05) is 11.1 Å². The Bertz CT molecular complexity index is 512. The summed E-state index contributed by atoms with van der Waals surface area (Å²) in [5.41, 5.74) is 2.15. The maximum atomic E-state index is 6.21. The molecule has 2 aromatic rings. The quantitative estimate of drug-likeness (QED) is 0.913. The summed E-state index contributed by atoms with van der Waals surface area (Å²) < 4.78 is 4.01. The highest BCUT2D eigenvalue weighted by atomic mass is 35.5. The Balaban J connectivity index is 2.22. The fraction of sp³-hybridized carbons (Fsp3) is 0.385. The molecule has 3 nitrogen and oxygen atoms in total. The Hall–Kier alpha value is -0.970. The Morgan fingerprint density at radius 2 is 2.17 bits per heavy atom. The molecule has 1 aromatic heterocycles. The molecule has 2 rings (SSSR count). The van der Waals surface area contributed by atoms with Crippen molar-refractivity contribution in [2.75, 3.05) is 6.54 Å². The van der Waals surface area contributed by atoms with Crippen molar-refractivity contribution in [3.63, 3.8) is 0 Å². The minimum Gasteiger partial charge on any atom is -0.309 e. The van der Waals surface area contributed by atoms with E-state index in [0.29, 0.717) is 0 Å². The fourth-order valence-corrected chi connectivity index (χ4v) is 2.88. The Kier molecular flexibility index (Phi) is 4.69. The number of hydrogen-bond donors (Lipinski definition) is 1. The molecule has 1 aromatic carbocycles. The standard InChI is InChI=1S/C13H16ClN3S/c1-3-15-12(13-9(2)16-17-18-13)8-10-6-4-5-7-11(10)14/h4-7,12,15H,3,8H2,1-2H3. The third-order valence-electron chi connectivity index (χ3n) is 2.84. The molecule has 0 aliphatic rings. The second-order valence-electron chi connectivity index (χ2n) is 4.13. The predicted molar refractivity (Wildman–Crippen MR) is 76.2 cm³/mol. The van der Waals surface area contributed by atoms with Crippen LogP contribution in [0, 0.1) is 6.92 Å². The van der Waals surface area contributed by atoms with E-state index in [0.717, 1.165) is 29.2 Å². The molecule has 0 bridgehead atoms. The van der Waals surface area contributed by atoms with Crippen LogP contribution in [0.3, 0.4) is 0 Å². The van der Waals surface area contributed by atoms with Gasteiger partial charge in [0.1, 0.15) is 0 Å². The number of halogens is 1. The van der Waals surface area contributed by atoms with Crippen molar-refractivity contribution in [1.29, 1.82) is 0 Å². The van der Waals surface area contributed by atoms with Crippen molar-refractivity contribution in [2.24, 2.45) is 0 Å². The van der Waals surface area contributed by atoms with Crippen LogP contribution in [0.4, 0.5) is 0 Å². The second kappa shape index (κ2) is 6.27. The molecule has 0 fully saturated rings. The van der Waals surface area contributed by atoms with Crippen LogP contribution in [0.25, 0.3) is 0 Å². The average Bonchev–Trinajstić information content (AvgIpc) is 2.78. The SMILES string of the molecule is CCNC(Cc1ccccc1Cl)c1snnc1C. The number of rotatable bonds is 5. The van der Waals surface area contributed by atoms with Crippen LogP contribution in [0.5, 0.6) is 0 Å². The lowest BCUT2D eigenvalue weighted by Crippen LogP contribution is -2.22. The van der Waals surface area contributed by atoms with Gasteiger partial charge in [-0.3, -0.25) is 0 Å². The summed E-state index contributed by atoms with van der Waals surface area (Å²) in [4.78, 5) is 1.19. The largest absolute Gasteiger partial charge is 0.309 e. The van der Waals surface area contributed by atoms with E-state index in [4.69, 9.17) is 11.6 Å². The zero-order valence-electron chi connectivity index (χ0n) is 10.5.